The molecule has 1 atom stereocenters. The molecule has 1 aliphatic carbocycles. The summed E-state index contributed by atoms with van der Waals surface area (Å²) in [6.45, 7) is 1.81. The highest BCUT2D eigenvalue weighted by molar-refractivity contribution is 9.10. The topological polar surface area (TPSA) is 67.9 Å². The van der Waals surface area contributed by atoms with Crippen LogP contribution >= 0.6 is 15.9 Å². The minimum Gasteiger partial charge on any atom is -0.355 e. The number of rotatable bonds is 3. The summed E-state index contributed by atoms with van der Waals surface area (Å²) in [7, 11) is 0. The Morgan fingerprint density at radius 2 is 2.15 bits per heavy atom. The van der Waals surface area contributed by atoms with Crippen LogP contribution in [0.2, 0.25) is 0 Å². The van der Waals surface area contributed by atoms with Gasteiger partial charge < -0.3 is 9.42 Å². The van der Waals surface area contributed by atoms with Crippen LogP contribution in [0.1, 0.15) is 42.8 Å². The van der Waals surface area contributed by atoms with Gasteiger partial charge in [-0.1, -0.05) is 5.16 Å². The summed E-state index contributed by atoms with van der Waals surface area (Å²) in [5.41, 5.74) is 0. The van der Waals surface area contributed by atoms with E-state index in [1.165, 1.54) is 12.8 Å². The first-order chi connectivity index (χ1) is 9.81. The molecule has 7 heteroatoms. The molecule has 0 bridgehead atoms. The normalized spacial score (nSPS) is 22.4. The lowest BCUT2D eigenvalue weighted by molar-refractivity contribution is 0.355. The van der Waals surface area contributed by atoms with Crippen molar-refractivity contribution in [3.8, 4) is 0 Å². The van der Waals surface area contributed by atoms with E-state index in [0.29, 0.717) is 11.8 Å². The van der Waals surface area contributed by atoms with Gasteiger partial charge in [-0.2, -0.15) is 4.98 Å². The largest absolute Gasteiger partial charge is 0.355 e. The zero-order chi connectivity index (χ0) is 13.5. The molecule has 2 aliphatic rings. The van der Waals surface area contributed by atoms with E-state index < -0.39 is 0 Å². The average molecular weight is 336 g/mol. The molecule has 104 valence electrons. The van der Waals surface area contributed by atoms with Crippen LogP contribution < -0.4 is 4.90 Å². The predicted molar refractivity (Wildman–Crippen MR) is 75.6 cm³/mol. The van der Waals surface area contributed by atoms with Crippen molar-refractivity contribution in [3.63, 3.8) is 0 Å². The Bertz CT molecular complexity index is 627. The maximum absolute atomic E-state index is 5.43. The van der Waals surface area contributed by atoms with Gasteiger partial charge in [-0.05, 0) is 35.2 Å². The highest BCUT2D eigenvalue weighted by Gasteiger charge is 2.33. The monoisotopic (exact) mass is 335 g/mol. The molecule has 1 saturated carbocycles. The third-order valence-electron chi connectivity index (χ3n) is 3.89. The van der Waals surface area contributed by atoms with E-state index in [2.05, 4.69) is 40.9 Å². The van der Waals surface area contributed by atoms with Crippen LogP contribution in [-0.2, 0) is 0 Å². The standard InChI is InChI=1S/C13H14BrN5O/c14-10-5-15-7-16-12(10)19-4-3-9(6-19)13-17-11(18-20-13)8-1-2-8/h5,7-9H,1-4,6H2. The summed E-state index contributed by atoms with van der Waals surface area (Å²) in [5, 5.41) is 4.10. The molecule has 20 heavy (non-hydrogen) atoms. The third kappa shape index (κ3) is 2.19. The first-order valence-electron chi connectivity index (χ1n) is 6.85. The van der Waals surface area contributed by atoms with E-state index in [4.69, 9.17) is 4.52 Å². The number of hydrogen-bond donors (Lipinski definition) is 0. The SMILES string of the molecule is Brc1cncnc1N1CCC(c2nc(C3CC3)no2)C1. The van der Waals surface area contributed by atoms with Crippen LogP contribution in [0.3, 0.4) is 0 Å². The van der Waals surface area contributed by atoms with E-state index in [1.807, 2.05) is 0 Å². The van der Waals surface area contributed by atoms with Gasteiger partial charge in [0.05, 0.1) is 10.4 Å². The Balaban J connectivity index is 1.51. The molecule has 0 radical (unpaired) electrons. The van der Waals surface area contributed by atoms with E-state index in [-0.39, 0.29) is 0 Å². The quantitative estimate of drug-likeness (QED) is 0.858. The van der Waals surface area contributed by atoms with Gasteiger partial charge in [0.1, 0.15) is 12.1 Å². The predicted octanol–water partition coefficient (Wildman–Crippen LogP) is 2.49. The molecule has 0 aromatic carbocycles. The smallest absolute Gasteiger partial charge is 0.231 e. The molecular formula is C13H14BrN5O. The Labute approximate surface area is 124 Å². The molecule has 2 aromatic heterocycles. The Hall–Kier alpha value is -1.50. The van der Waals surface area contributed by atoms with E-state index >= 15 is 0 Å². The van der Waals surface area contributed by atoms with Gasteiger partial charge in [-0.15, -0.1) is 0 Å². The second-order valence-corrected chi connectivity index (χ2v) is 6.25. The number of hydrogen-bond acceptors (Lipinski definition) is 6. The highest BCUT2D eigenvalue weighted by atomic mass is 79.9. The Morgan fingerprint density at radius 3 is 2.95 bits per heavy atom. The van der Waals surface area contributed by atoms with Gasteiger partial charge in [-0.3, -0.25) is 0 Å². The van der Waals surface area contributed by atoms with Crippen LogP contribution in [0.25, 0.3) is 0 Å². The first-order valence-corrected chi connectivity index (χ1v) is 7.64. The lowest BCUT2D eigenvalue weighted by atomic mass is 10.1. The number of nitrogens with zero attached hydrogens (tertiary/aromatic N) is 5. The molecule has 0 spiro atoms. The van der Waals surface area contributed by atoms with Gasteiger partial charge in [0.15, 0.2) is 5.82 Å². The van der Waals surface area contributed by atoms with Gasteiger partial charge in [0.2, 0.25) is 5.89 Å². The molecule has 1 saturated heterocycles. The van der Waals surface area contributed by atoms with Crippen molar-refractivity contribution >= 4 is 21.7 Å². The van der Waals surface area contributed by atoms with Crippen LogP contribution in [-0.4, -0.2) is 33.2 Å². The summed E-state index contributed by atoms with van der Waals surface area (Å²) in [6, 6.07) is 0. The molecular weight excluding hydrogens is 322 g/mol. The Morgan fingerprint density at radius 1 is 1.25 bits per heavy atom. The van der Waals surface area contributed by atoms with Gasteiger partial charge in [0, 0.05) is 25.2 Å². The van der Waals surface area contributed by atoms with Crippen LogP contribution in [0.4, 0.5) is 5.82 Å². The van der Waals surface area contributed by atoms with Crippen molar-refractivity contribution in [1.82, 2.24) is 20.1 Å². The molecule has 3 heterocycles. The van der Waals surface area contributed by atoms with E-state index in [0.717, 1.165) is 41.5 Å². The minimum atomic E-state index is 0.303. The van der Waals surface area contributed by atoms with Crippen molar-refractivity contribution < 1.29 is 4.52 Å². The maximum atomic E-state index is 5.43. The molecule has 1 aliphatic heterocycles. The van der Waals surface area contributed by atoms with Crippen molar-refractivity contribution in [2.45, 2.75) is 31.1 Å². The average Bonchev–Trinajstić information content (AvgIpc) is 3.01. The summed E-state index contributed by atoms with van der Waals surface area (Å²) in [4.78, 5) is 15.1. The fourth-order valence-electron chi connectivity index (χ4n) is 2.61. The second kappa shape index (κ2) is 4.80. The van der Waals surface area contributed by atoms with Gasteiger partial charge in [-0.25, -0.2) is 9.97 Å². The molecule has 4 rings (SSSR count). The highest BCUT2D eigenvalue weighted by Crippen LogP contribution is 2.39. The Kier molecular flexibility index (Phi) is 2.94. The fraction of sp³-hybridized carbons (Fsp3) is 0.538. The van der Waals surface area contributed by atoms with Gasteiger partial charge in [0.25, 0.3) is 0 Å². The number of aromatic nitrogens is 4. The summed E-state index contributed by atoms with van der Waals surface area (Å²) >= 11 is 3.50. The molecule has 6 nitrogen and oxygen atoms in total. The lowest BCUT2D eigenvalue weighted by Gasteiger charge is -2.17. The van der Waals surface area contributed by atoms with Crippen molar-refractivity contribution in [3.05, 3.63) is 28.7 Å². The van der Waals surface area contributed by atoms with E-state index in [9.17, 15) is 0 Å². The van der Waals surface area contributed by atoms with Crippen molar-refractivity contribution in [2.24, 2.45) is 0 Å². The van der Waals surface area contributed by atoms with Crippen molar-refractivity contribution in [2.75, 3.05) is 18.0 Å². The number of halogens is 1. The van der Waals surface area contributed by atoms with Crippen LogP contribution in [0.15, 0.2) is 21.5 Å². The molecule has 0 amide bonds. The molecule has 2 fully saturated rings. The third-order valence-corrected chi connectivity index (χ3v) is 4.44. The zero-order valence-corrected chi connectivity index (χ0v) is 12.5. The lowest BCUT2D eigenvalue weighted by Crippen LogP contribution is -2.21. The first kappa shape index (κ1) is 12.3. The number of anilines is 1. The maximum Gasteiger partial charge on any atom is 0.231 e. The summed E-state index contributed by atoms with van der Waals surface area (Å²) in [5.74, 6) is 3.45. The molecule has 0 N–H and O–H groups in total. The minimum absolute atomic E-state index is 0.303. The van der Waals surface area contributed by atoms with Crippen molar-refractivity contribution in [1.29, 1.82) is 0 Å². The van der Waals surface area contributed by atoms with Crippen LogP contribution in [0.5, 0.6) is 0 Å². The fourth-order valence-corrected chi connectivity index (χ4v) is 3.08. The zero-order valence-electron chi connectivity index (χ0n) is 10.9. The second-order valence-electron chi connectivity index (χ2n) is 5.39. The molecule has 2 aromatic rings. The van der Waals surface area contributed by atoms with Gasteiger partial charge >= 0.3 is 0 Å². The van der Waals surface area contributed by atoms with E-state index in [1.54, 1.807) is 12.5 Å². The summed E-state index contributed by atoms with van der Waals surface area (Å²) < 4.78 is 6.35. The van der Waals surface area contributed by atoms with Crippen LogP contribution in [0, 0.1) is 0 Å². The summed E-state index contributed by atoms with van der Waals surface area (Å²) in [6.07, 6.45) is 6.76. The molecule has 1 unspecified atom stereocenters.